The molecule has 0 heterocycles. The van der Waals surface area contributed by atoms with Crippen LogP contribution in [0.5, 0.6) is 0 Å². The van der Waals surface area contributed by atoms with Gasteiger partial charge in [0, 0.05) is 6.08 Å². The van der Waals surface area contributed by atoms with Crippen LogP contribution in [0.4, 0.5) is 0 Å². The number of aliphatic hydroxyl groups is 1. The molecule has 1 atom stereocenters. The molecule has 0 aliphatic heterocycles. The first-order valence-electron chi connectivity index (χ1n) is 3.72. The van der Waals surface area contributed by atoms with Gasteiger partial charge in [0.2, 0.25) is 0 Å². The molecule has 72 valence electrons. The number of methoxy groups -OCH3 is 1. The van der Waals surface area contributed by atoms with Crippen molar-refractivity contribution in [3.63, 3.8) is 0 Å². The highest BCUT2D eigenvalue weighted by Crippen LogP contribution is 1.91. The van der Waals surface area contributed by atoms with Crippen LogP contribution in [0.25, 0.3) is 0 Å². The molecule has 0 saturated carbocycles. The van der Waals surface area contributed by atoms with Crippen molar-refractivity contribution in [3.8, 4) is 0 Å². The number of aliphatic hydroxyl groups excluding tert-OH is 1. The molecule has 0 bridgehead atoms. The van der Waals surface area contributed by atoms with Crippen molar-refractivity contribution < 1.29 is 19.4 Å². The Morgan fingerprint density at radius 3 is 2.46 bits per heavy atom. The first kappa shape index (κ1) is 11.6. The number of hydrogen-bond donors (Lipinski definition) is 1. The van der Waals surface area contributed by atoms with Gasteiger partial charge in [-0.25, -0.2) is 4.79 Å². The molecule has 0 fully saturated rings. The van der Waals surface area contributed by atoms with Crippen LogP contribution in [0, 0.1) is 0 Å². The minimum Gasteiger partial charge on any atom is -0.466 e. The van der Waals surface area contributed by atoms with Crippen molar-refractivity contribution in [2.24, 2.45) is 0 Å². The highest BCUT2D eigenvalue weighted by Gasteiger charge is 2.07. The number of hydrogen-bond acceptors (Lipinski definition) is 4. The van der Waals surface area contributed by atoms with Crippen molar-refractivity contribution in [2.45, 2.75) is 13.0 Å². The third-order valence-electron chi connectivity index (χ3n) is 1.24. The molecule has 4 nitrogen and oxygen atoms in total. The Hall–Kier alpha value is -1.42. The standard InChI is InChI=1S/C9H12O4/c1-3-4-7(10)8(11)5-6-9(12)13-2/h3-6,8,11H,1-2H3. The van der Waals surface area contributed by atoms with Gasteiger partial charge in [-0.3, -0.25) is 4.79 Å². The maximum atomic E-state index is 10.9. The number of carbonyl (C=O) groups is 2. The quantitative estimate of drug-likeness (QED) is 0.501. The molecule has 13 heavy (non-hydrogen) atoms. The Labute approximate surface area is 76.5 Å². The van der Waals surface area contributed by atoms with Crippen molar-refractivity contribution in [3.05, 3.63) is 24.3 Å². The molecule has 0 aliphatic rings. The Morgan fingerprint density at radius 2 is 2.00 bits per heavy atom. The summed E-state index contributed by atoms with van der Waals surface area (Å²) in [4.78, 5) is 21.5. The van der Waals surface area contributed by atoms with E-state index >= 15 is 0 Å². The molecule has 0 aromatic rings. The van der Waals surface area contributed by atoms with Gasteiger partial charge in [0.25, 0.3) is 0 Å². The lowest BCUT2D eigenvalue weighted by atomic mass is 10.2. The number of esters is 1. The van der Waals surface area contributed by atoms with Crippen LogP contribution in [-0.4, -0.2) is 30.1 Å². The predicted octanol–water partition coefficient (Wildman–Crippen LogP) is 0.222. The predicted molar refractivity (Wildman–Crippen MR) is 47.0 cm³/mol. The summed E-state index contributed by atoms with van der Waals surface area (Å²) in [5, 5.41) is 9.10. The summed E-state index contributed by atoms with van der Waals surface area (Å²) >= 11 is 0. The fourth-order valence-corrected chi connectivity index (χ4v) is 0.595. The van der Waals surface area contributed by atoms with Crippen molar-refractivity contribution in [2.75, 3.05) is 7.11 Å². The Kier molecular flexibility index (Phi) is 5.47. The Balaban J connectivity index is 4.13. The van der Waals surface area contributed by atoms with Gasteiger partial charge in [-0.1, -0.05) is 6.08 Å². The zero-order chi connectivity index (χ0) is 10.3. The van der Waals surface area contributed by atoms with E-state index in [1.807, 2.05) is 0 Å². The van der Waals surface area contributed by atoms with Gasteiger partial charge < -0.3 is 9.84 Å². The highest BCUT2D eigenvalue weighted by atomic mass is 16.5. The van der Waals surface area contributed by atoms with Crippen LogP contribution in [0.3, 0.4) is 0 Å². The van der Waals surface area contributed by atoms with Crippen LogP contribution in [0.15, 0.2) is 24.3 Å². The molecule has 1 unspecified atom stereocenters. The molecule has 1 N–H and O–H groups in total. The molecule has 0 aromatic heterocycles. The van der Waals surface area contributed by atoms with E-state index in [1.165, 1.54) is 19.3 Å². The molecule has 0 aromatic carbocycles. The summed E-state index contributed by atoms with van der Waals surface area (Å²) in [6.45, 7) is 1.66. The van der Waals surface area contributed by atoms with E-state index in [0.29, 0.717) is 0 Å². The van der Waals surface area contributed by atoms with Crippen LogP contribution < -0.4 is 0 Å². The van der Waals surface area contributed by atoms with Crippen LogP contribution in [0.2, 0.25) is 0 Å². The van der Waals surface area contributed by atoms with Crippen LogP contribution in [0.1, 0.15) is 6.92 Å². The Morgan fingerprint density at radius 1 is 1.38 bits per heavy atom. The second kappa shape index (κ2) is 6.14. The number of carbonyl (C=O) groups excluding carboxylic acids is 2. The van der Waals surface area contributed by atoms with Gasteiger partial charge >= 0.3 is 5.97 Å². The van der Waals surface area contributed by atoms with E-state index in [2.05, 4.69) is 4.74 Å². The molecule has 0 radical (unpaired) electrons. The molecular formula is C9H12O4. The largest absolute Gasteiger partial charge is 0.466 e. The summed E-state index contributed by atoms with van der Waals surface area (Å²) in [5.41, 5.74) is 0. The fraction of sp³-hybridized carbons (Fsp3) is 0.333. The van der Waals surface area contributed by atoms with E-state index in [9.17, 15) is 9.59 Å². The third kappa shape index (κ3) is 4.92. The lowest BCUT2D eigenvalue weighted by Gasteiger charge is -1.98. The number of rotatable bonds is 4. The van der Waals surface area contributed by atoms with E-state index in [-0.39, 0.29) is 0 Å². The second-order valence-electron chi connectivity index (χ2n) is 2.23. The Bertz CT molecular complexity index is 240. The first-order chi connectivity index (χ1) is 6.11. The van der Waals surface area contributed by atoms with Gasteiger partial charge in [0.15, 0.2) is 5.78 Å². The molecular weight excluding hydrogens is 172 g/mol. The van der Waals surface area contributed by atoms with Gasteiger partial charge in [0.1, 0.15) is 6.10 Å². The van der Waals surface area contributed by atoms with Gasteiger partial charge in [-0.2, -0.15) is 0 Å². The number of ether oxygens (including phenoxy) is 1. The van der Waals surface area contributed by atoms with Crippen molar-refractivity contribution in [1.82, 2.24) is 0 Å². The average Bonchev–Trinajstić information content (AvgIpc) is 2.13. The smallest absolute Gasteiger partial charge is 0.330 e. The lowest BCUT2D eigenvalue weighted by Crippen LogP contribution is -2.15. The summed E-state index contributed by atoms with van der Waals surface area (Å²) in [5.74, 6) is -1.07. The summed E-state index contributed by atoms with van der Waals surface area (Å²) in [6.07, 6.45) is 3.54. The SMILES string of the molecule is CC=CC(=O)C(O)C=CC(=O)OC. The molecule has 0 saturated heterocycles. The van der Waals surface area contributed by atoms with Gasteiger partial charge in [-0.05, 0) is 19.1 Å². The fourth-order valence-electron chi connectivity index (χ4n) is 0.595. The van der Waals surface area contributed by atoms with E-state index in [0.717, 1.165) is 12.2 Å². The average molecular weight is 184 g/mol. The number of allylic oxidation sites excluding steroid dienone is 1. The van der Waals surface area contributed by atoms with E-state index in [1.54, 1.807) is 6.92 Å². The maximum Gasteiger partial charge on any atom is 0.330 e. The normalized spacial score (nSPS) is 13.5. The van der Waals surface area contributed by atoms with E-state index in [4.69, 9.17) is 5.11 Å². The van der Waals surface area contributed by atoms with Gasteiger partial charge in [0.05, 0.1) is 7.11 Å². The lowest BCUT2D eigenvalue weighted by molar-refractivity contribution is -0.134. The monoisotopic (exact) mass is 184 g/mol. The number of ketones is 1. The maximum absolute atomic E-state index is 10.9. The van der Waals surface area contributed by atoms with Crippen LogP contribution in [-0.2, 0) is 14.3 Å². The van der Waals surface area contributed by atoms with Crippen LogP contribution >= 0.6 is 0 Å². The second-order valence-corrected chi connectivity index (χ2v) is 2.23. The minimum absolute atomic E-state index is 0.470. The molecule has 0 aliphatic carbocycles. The summed E-state index contributed by atoms with van der Waals surface area (Å²) in [7, 11) is 1.22. The summed E-state index contributed by atoms with van der Waals surface area (Å²) in [6, 6.07) is 0. The van der Waals surface area contributed by atoms with Crippen molar-refractivity contribution >= 4 is 11.8 Å². The molecule has 0 spiro atoms. The molecule has 4 heteroatoms. The third-order valence-corrected chi connectivity index (χ3v) is 1.24. The van der Waals surface area contributed by atoms with Crippen molar-refractivity contribution in [1.29, 1.82) is 0 Å². The topological polar surface area (TPSA) is 63.6 Å². The van der Waals surface area contributed by atoms with Gasteiger partial charge in [-0.15, -0.1) is 0 Å². The molecule has 0 amide bonds. The zero-order valence-electron chi connectivity index (χ0n) is 7.56. The highest BCUT2D eigenvalue weighted by molar-refractivity contribution is 5.95. The molecule has 0 rings (SSSR count). The summed E-state index contributed by atoms with van der Waals surface area (Å²) < 4.78 is 4.27. The zero-order valence-corrected chi connectivity index (χ0v) is 7.56. The van der Waals surface area contributed by atoms with E-state index < -0.39 is 17.9 Å². The minimum atomic E-state index is -1.28. The first-order valence-corrected chi connectivity index (χ1v) is 3.72.